The quantitative estimate of drug-likeness (QED) is 0.440. The second-order valence-electron chi connectivity index (χ2n) is 7.67. The van der Waals surface area contributed by atoms with Crippen molar-refractivity contribution >= 4 is 29.1 Å². The second kappa shape index (κ2) is 10.7. The van der Waals surface area contributed by atoms with Gasteiger partial charge in [-0.1, -0.05) is 19.9 Å². The summed E-state index contributed by atoms with van der Waals surface area (Å²) in [6.07, 6.45) is -2.65. The molecule has 12 heteroatoms. The molecule has 0 fully saturated rings. The molecule has 1 heterocycles. The number of ether oxygens (including phenoxy) is 1. The summed E-state index contributed by atoms with van der Waals surface area (Å²) in [6.45, 7) is 3.86. The Hall–Kier alpha value is -4.09. The van der Waals surface area contributed by atoms with Gasteiger partial charge in [-0.25, -0.2) is 14.5 Å². The van der Waals surface area contributed by atoms with Crippen molar-refractivity contribution in [3.05, 3.63) is 60.7 Å². The number of nitrogens with zero attached hydrogens (tertiary/aromatic N) is 3. The van der Waals surface area contributed by atoms with Crippen LogP contribution in [0.5, 0.6) is 0 Å². The first kappa shape index (κ1) is 24.6. The van der Waals surface area contributed by atoms with Gasteiger partial charge in [-0.2, -0.15) is 18.3 Å². The molecule has 34 heavy (non-hydrogen) atoms. The zero-order valence-electron chi connectivity index (χ0n) is 18.4. The molecule has 9 nitrogen and oxygen atoms in total. The zero-order chi connectivity index (χ0) is 24.7. The van der Waals surface area contributed by atoms with E-state index in [4.69, 9.17) is 4.74 Å². The zero-order valence-corrected chi connectivity index (χ0v) is 18.4. The molecule has 0 saturated heterocycles. The van der Waals surface area contributed by atoms with E-state index in [-0.39, 0.29) is 30.4 Å². The lowest BCUT2D eigenvalue weighted by Crippen LogP contribution is -2.23. The van der Waals surface area contributed by atoms with Crippen LogP contribution in [-0.2, 0) is 15.7 Å². The lowest BCUT2D eigenvalue weighted by Gasteiger charge is -2.15. The third-order valence-electron chi connectivity index (χ3n) is 4.37. The highest BCUT2D eigenvalue weighted by Gasteiger charge is 2.31. The number of amides is 2. The Balaban J connectivity index is 1.66. The minimum Gasteiger partial charge on any atom is -0.449 e. The van der Waals surface area contributed by atoms with Crippen molar-refractivity contribution in [1.82, 2.24) is 14.8 Å². The van der Waals surface area contributed by atoms with Crippen LogP contribution in [-0.4, -0.2) is 39.9 Å². The van der Waals surface area contributed by atoms with Crippen LogP contribution < -0.4 is 16.0 Å². The highest BCUT2D eigenvalue weighted by molar-refractivity contribution is 5.95. The maximum atomic E-state index is 13.2. The number of aromatic nitrogens is 3. The summed E-state index contributed by atoms with van der Waals surface area (Å²) < 4.78 is 45.8. The second-order valence-corrected chi connectivity index (χ2v) is 7.67. The Kier molecular flexibility index (Phi) is 7.71. The van der Waals surface area contributed by atoms with Crippen LogP contribution in [0.15, 0.2) is 55.1 Å². The molecule has 1 aromatic heterocycles. The monoisotopic (exact) mass is 476 g/mol. The number of carbonyl (C=O) groups is 2. The maximum Gasteiger partial charge on any atom is 0.416 e. The van der Waals surface area contributed by atoms with E-state index in [1.54, 1.807) is 24.3 Å². The number of hydrogen-bond acceptors (Lipinski definition) is 6. The first-order valence-electron chi connectivity index (χ1n) is 10.3. The van der Waals surface area contributed by atoms with Crippen molar-refractivity contribution in [1.29, 1.82) is 0 Å². The largest absolute Gasteiger partial charge is 0.449 e. The van der Waals surface area contributed by atoms with Crippen LogP contribution >= 0.6 is 0 Å². The average Bonchev–Trinajstić information content (AvgIpc) is 3.31. The normalized spacial score (nSPS) is 11.2. The molecule has 0 unspecified atom stereocenters. The van der Waals surface area contributed by atoms with E-state index in [0.29, 0.717) is 11.4 Å². The molecule has 0 aliphatic rings. The lowest BCUT2D eigenvalue weighted by molar-refractivity contribution is -0.137. The summed E-state index contributed by atoms with van der Waals surface area (Å²) in [7, 11) is 0. The summed E-state index contributed by atoms with van der Waals surface area (Å²) in [4.78, 5) is 28.1. The summed E-state index contributed by atoms with van der Waals surface area (Å²) in [5, 5.41) is 11.8. The fourth-order valence-electron chi connectivity index (χ4n) is 2.82. The van der Waals surface area contributed by atoms with E-state index in [1.165, 1.54) is 23.4 Å². The minimum absolute atomic E-state index is 0.0737. The number of halogens is 3. The van der Waals surface area contributed by atoms with Gasteiger partial charge >= 0.3 is 12.3 Å². The van der Waals surface area contributed by atoms with Crippen molar-refractivity contribution in [3.63, 3.8) is 0 Å². The first-order valence-corrected chi connectivity index (χ1v) is 10.3. The number of benzene rings is 2. The molecule has 0 radical (unpaired) electrons. The molecular weight excluding hydrogens is 453 g/mol. The van der Waals surface area contributed by atoms with Crippen LogP contribution in [0, 0.1) is 5.92 Å². The number of rotatable bonds is 8. The van der Waals surface area contributed by atoms with E-state index >= 15 is 0 Å². The summed E-state index contributed by atoms with van der Waals surface area (Å²) in [5.74, 6) is -0.394. The smallest absolute Gasteiger partial charge is 0.416 e. The Morgan fingerprint density at radius 3 is 2.53 bits per heavy atom. The molecule has 2 amide bonds. The summed E-state index contributed by atoms with van der Waals surface area (Å²) in [5.41, 5.74) is 0.200. The molecular formula is C22H23F3N6O3. The van der Waals surface area contributed by atoms with Crippen LogP contribution in [0.4, 0.5) is 35.0 Å². The first-order chi connectivity index (χ1) is 16.1. The molecule has 0 atom stereocenters. The van der Waals surface area contributed by atoms with E-state index in [0.717, 1.165) is 12.1 Å². The van der Waals surface area contributed by atoms with Crippen molar-refractivity contribution in [3.8, 4) is 5.69 Å². The molecule has 0 spiro atoms. The molecule has 3 aromatic rings. The van der Waals surface area contributed by atoms with E-state index in [9.17, 15) is 22.8 Å². The van der Waals surface area contributed by atoms with Gasteiger partial charge in [0, 0.05) is 11.4 Å². The lowest BCUT2D eigenvalue weighted by atomic mass is 10.1. The van der Waals surface area contributed by atoms with Crippen molar-refractivity contribution < 1.29 is 27.5 Å². The van der Waals surface area contributed by atoms with E-state index in [2.05, 4.69) is 26.0 Å². The third kappa shape index (κ3) is 6.95. The predicted molar refractivity (Wildman–Crippen MR) is 120 cm³/mol. The molecule has 3 N–H and O–H groups in total. The van der Waals surface area contributed by atoms with Gasteiger partial charge in [0.1, 0.15) is 12.7 Å². The van der Waals surface area contributed by atoms with Gasteiger partial charge in [-0.3, -0.25) is 10.1 Å². The molecule has 0 aliphatic carbocycles. The van der Waals surface area contributed by atoms with E-state index < -0.39 is 23.7 Å². The summed E-state index contributed by atoms with van der Waals surface area (Å²) in [6, 6.07) is 9.51. The van der Waals surface area contributed by atoms with Gasteiger partial charge in [-0.05, 0) is 42.3 Å². The topological polar surface area (TPSA) is 110 Å². The van der Waals surface area contributed by atoms with Crippen LogP contribution in [0.3, 0.4) is 0 Å². The number of anilines is 3. The minimum atomic E-state index is -4.58. The van der Waals surface area contributed by atoms with Crippen LogP contribution in [0.2, 0.25) is 0 Å². The van der Waals surface area contributed by atoms with Gasteiger partial charge < -0.3 is 15.4 Å². The average molecular weight is 476 g/mol. The molecule has 0 saturated carbocycles. The highest BCUT2D eigenvalue weighted by Crippen LogP contribution is 2.33. The highest BCUT2D eigenvalue weighted by atomic mass is 19.4. The number of alkyl halides is 3. The summed E-state index contributed by atoms with van der Waals surface area (Å²) >= 11 is 0. The van der Waals surface area contributed by atoms with Crippen molar-refractivity contribution in [2.45, 2.75) is 20.0 Å². The number of hydrogen-bond donors (Lipinski definition) is 3. The molecule has 0 aliphatic heterocycles. The standard InChI is InChI=1S/C22H23F3N6O3/c1-14(2)11-34-21(33)29-17-5-3-4-16(9-17)27-10-20(32)30-18-8-15(22(23,24)25)6-7-19(18)31-13-26-12-28-31/h3-9,12-14,27H,10-11H2,1-2H3,(H,29,33)(H,30,32). The molecule has 2 aromatic carbocycles. The Labute approximate surface area is 193 Å². The number of carbonyl (C=O) groups excluding carboxylic acids is 2. The van der Waals surface area contributed by atoms with Gasteiger partial charge in [0.05, 0.1) is 30.1 Å². The van der Waals surface area contributed by atoms with E-state index in [1.807, 2.05) is 13.8 Å². The predicted octanol–water partition coefficient (Wildman–Crippen LogP) is 4.54. The third-order valence-corrected chi connectivity index (χ3v) is 4.37. The Bertz CT molecular complexity index is 1130. The van der Waals surface area contributed by atoms with Gasteiger partial charge in [-0.15, -0.1) is 0 Å². The van der Waals surface area contributed by atoms with Gasteiger partial charge in [0.2, 0.25) is 5.91 Å². The van der Waals surface area contributed by atoms with Crippen LogP contribution in [0.25, 0.3) is 5.69 Å². The Morgan fingerprint density at radius 1 is 1.09 bits per heavy atom. The van der Waals surface area contributed by atoms with Gasteiger partial charge in [0.15, 0.2) is 0 Å². The fourth-order valence-corrected chi connectivity index (χ4v) is 2.82. The van der Waals surface area contributed by atoms with Crippen molar-refractivity contribution in [2.75, 3.05) is 29.1 Å². The van der Waals surface area contributed by atoms with Gasteiger partial charge in [0.25, 0.3) is 0 Å². The van der Waals surface area contributed by atoms with Crippen LogP contribution in [0.1, 0.15) is 19.4 Å². The molecule has 3 rings (SSSR count). The fraction of sp³-hybridized carbons (Fsp3) is 0.273. The Morgan fingerprint density at radius 2 is 1.85 bits per heavy atom. The SMILES string of the molecule is CC(C)COC(=O)Nc1cccc(NCC(=O)Nc2cc(C(F)(F)F)ccc2-n2cncn2)c1. The molecule has 0 bridgehead atoms. The van der Waals surface area contributed by atoms with Crippen molar-refractivity contribution in [2.24, 2.45) is 5.92 Å². The molecule has 180 valence electrons. The maximum absolute atomic E-state index is 13.2. The number of nitrogens with one attached hydrogen (secondary N) is 3.